The van der Waals surface area contributed by atoms with Gasteiger partial charge in [0.1, 0.15) is 5.69 Å². The van der Waals surface area contributed by atoms with Crippen LogP contribution in [0.3, 0.4) is 0 Å². The van der Waals surface area contributed by atoms with Gasteiger partial charge in [-0.05, 0) is 38.0 Å². The van der Waals surface area contributed by atoms with Crippen molar-refractivity contribution < 1.29 is 14.5 Å². The number of hydrogen-bond donors (Lipinski definition) is 2. The maximum absolute atomic E-state index is 13.1. The van der Waals surface area contributed by atoms with Gasteiger partial charge < -0.3 is 16.0 Å². The zero-order chi connectivity index (χ0) is 25.1. The highest BCUT2D eigenvalue weighted by Crippen LogP contribution is 2.30. The Bertz CT molecular complexity index is 1360. The molecule has 2 heterocycles. The molecular formula is C24H24N6O5. The molecule has 2 aromatic carbocycles. The van der Waals surface area contributed by atoms with Gasteiger partial charge in [0.2, 0.25) is 11.3 Å². The third kappa shape index (κ3) is 4.88. The van der Waals surface area contributed by atoms with Crippen LogP contribution in [0.4, 0.5) is 17.1 Å². The molecule has 3 aromatic rings. The summed E-state index contributed by atoms with van der Waals surface area (Å²) in [5, 5.41) is 18.4. The van der Waals surface area contributed by atoms with Crippen molar-refractivity contribution in [2.24, 2.45) is 11.7 Å². The highest BCUT2D eigenvalue weighted by Gasteiger charge is 2.25. The molecule has 0 radical (unpaired) electrons. The number of rotatable bonds is 6. The fraction of sp³-hybridized carbons (Fsp3) is 0.250. The van der Waals surface area contributed by atoms with E-state index in [-0.39, 0.29) is 23.2 Å². The second-order valence-electron chi connectivity index (χ2n) is 8.29. The summed E-state index contributed by atoms with van der Waals surface area (Å²) >= 11 is 0. The number of carbonyl (C=O) groups is 2. The van der Waals surface area contributed by atoms with E-state index in [9.17, 15) is 24.5 Å². The Morgan fingerprint density at radius 3 is 2.37 bits per heavy atom. The first-order chi connectivity index (χ1) is 16.8. The zero-order valence-corrected chi connectivity index (χ0v) is 19.0. The second-order valence-corrected chi connectivity index (χ2v) is 8.29. The van der Waals surface area contributed by atoms with E-state index in [0.29, 0.717) is 37.3 Å². The van der Waals surface area contributed by atoms with Gasteiger partial charge in [0, 0.05) is 36.8 Å². The SMILES string of the molecule is Cc1cc(=O)c(C(=O)Nc2ccccc2N2CCC(C(N)=O)CC2)nn1-c1ccccc1[N+](=O)[O-]. The third-order valence-electron chi connectivity index (χ3n) is 6.02. The van der Waals surface area contributed by atoms with E-state index in [2.05, 4.69) is 10.4 Å². The molecule has 1 fully saturated rings. The van der Waals surface area contributed by atoms with Gasteiger partial charge in [-0.1, -0.05) is 24.3 Å². The summed E-state index contributed by atoms with van der Waals surface area (Å²) in [6.07, 6.45) is 1.22. The van der Waals surface area contributed by atoms with Gasteiger partial charge in [0.25, 0.3) is 11.6 Å². The number of benzene rings is 2. The number of nitrogens with zero attached hydrogens (tertiary/aromatic N) is 4. The number of piperidine rings is 1. The summed E-state index contributed by atoms with van der Waals surface area (Å²) < 4.78 is 1.22. The van der Waals surface area contributed by atoms with Gasteiger partial charge >= 0.3 is 0 Å². The standard InChI is InChI=1S/C24H24N6O5/c1-15-14-21(31)22(27-29(15)19-8-4-5-9-20(19)30(34)35)24(33)26-17-6-2-3-7-18(17)28-12-10-16(11-13-28)23(25)32/h2-9,14,16H,10-13H2,1H3,(H2,25,32)(H,26,33). The minimum atomic E-state index is -0.734. The number of nitro benzene ring substituents is 1. The minimum absolute atomic E-state index is 0.141. The molecule has 0 spiro atoms. The van der Waals surface area contributed by atoms with E-state index in [1.807, 2.05) is 17.0 Å². The molecule has 0 saturated carbocycles. The molecule has 2 amide bonds. The number of amides is 2. The molecule has 0 unspecified atom stereocenters. The van der Waals surface area contributed by atoms with Gasteiger partial charge in [-0.15, -0.1) is 0 Å². The lowest BCUT2D eigenvalue weighted by Crippen LogP contribution is -2.39. The van der Waals surface area contributed by atoms with E-state index in [1.165, 1.54) is 28.9 Å². The normalized spacial score (nSPS) is 13.9. The molecule has 11 heteroatoms. The van der Waals surface area contributed by atoms with Crippen LogP contribution < -0.4 is 21.4 Å². The van der Waals surface area contributed by atoms with Crippen LogP contribution in [0.1, 0.15) is 29.0 Å². The molecule has 1 saturated heterocycles. The predicted molar refractivity (Wildman–Crippen MR) is 130 cm³/mol. The lowest BCUT2D eigenvalue weighted by atomic mass is 9.96. The average Bonchev–Trinajstić information content (AvgIpc) is 2.84. The summed E-state index contributed by atoms with van der Waals surface area (Å²) in [6, 6.07) is 14.3. The average molecular weight is 476 g/mol. The number of nitro groups is 1. The first-order valence-electron chi connectivity index (χ1n) is 11.1. The first kappa shape index (κ1) is 23.6. The van der Waals surface area contributed by atoms with Gasteiger partial charge in [-0.25, -0.2) is 4.68 Å². The quantitative estimate of drug-likeness (QED) is 0.409. The zero-order valence-electron chi connectivity index (χ0n) is 19.0. The Labute approximate surface area is 200 Å². The van der Waals surface area contributed by atoms with Crippen molar-refractivity contribution in [3.63, 3.8) is 0 Å². The van der Waals surface area contributed by atoms with Crippen LogP contribution in [-0.4, -0.2) is 39.6 Å². The highest BCUT2D eigenvalue weighted by atomic mass is 16.6. The molecule has 1 aliphatic heterocycles. The monoisotopic (exact) mass is 476 g/mol. The molecule has 1 aromatic heterocycles. The van der Waals surface area contributed by atoms with Crippen molar-refractivity contribution in [2.45, 2.75) is 19.8 Å². The smallest absolute Gasteiger partial charge is 0.294 e. The minimum Gasteiger partial charge on any atom is -0.370 e. The number of para-hydroxylation sites is 4. The van der Waals surface area contributed by atoms with Crippen molar-refractivity contribution in [2.75, 3.05) is 23.3 Å². The van der Waals surface area contributed by atoms with Crippen molar-refractivity contribution >= 4 is 28.9 Å². The number of nitrogens with two attached hydrogens (primary N) is 1. The van der Waals surface area contributed by atoms with Gasteiger partial charge in [0.15, 0.2) is 5.69 Å². The molecule has 11 nitrogen and oxygen atoms in total. The maximum Gasteiger partial charge on any atom is 0.294 e. The molecule has 0 atom stereocenters. The number of anilines is 2. The molecule has 1 aliphatic rings. The van der Waals surface area contributed by atoms with E-state index in [4.69, 9.17) is 5.73 Å². The second kappa shape index (κ2) is 9.75. The Hall–Kier alpha value is -4.54. The first-order valence-corrected chi connectivity index (χ1v) is 11.1. The van der Waals surface area contributed by atoms with Crippen LogP contribution in [0, 0.1) is 23.0 Å². The summed E-state index contributed by atoms with van der Waals surface area (Å²) in [7, 11) is 0. The van der Waals surface area contributed by atoms with Crippen molar-refractivity contribution in [1.29, 1.82) is 0 Å². The topological polar surface area (TPSA) is 153 Å². The summed E-state index contributed by atoms with van der Waals surface area (Å²) in [5.74, 6) is -1.22. The predicted octanol–water partition coefficient (Wildman–Crippen LogP) is 2.40. The summed E-state index contributed by atoms with van der Waals surface area (Å²) in [5.41, 5.74) is 5.94. The van der Waals surface area contributed by atoms with Crippen LogP contribution in [-0.2, 0) is 4.79 Å². The van der Waals surface area contributed by atoms with Crippen LogP contribution in [0.15, 0.2) is 59.4 Å². The molecule has 3 N–H and O–H groups in total. The van der Waals surface area contributed by atoms with Crippen LogP contribution in [0.25, 0.3) is 5.69 Å². The summed E-state index contributed by atoms with van der Waals surface area (Å²) in [4.78, 5) is 50.2. The lowest BCUT2D eigenvalue weighted by Gasteiger charge is -2.33. The molecule has 35 heavy (non-hydrogen) atoms. The highest BCUT2D eigenvalue weighted by molar-refractivity contribution is 6.04. The Morgan fingerprint density at radius 1 is 1.09 bits per heavy atom. The molecule has 4 rings (SSSR count). The number of aromatic nitrogens is 2. The Balaban J connectivity index is 1.64. The largest absolute Gasteiger partial charge is 0.370 e. The Morgan fingerprint density at radius 2 is 1.71 bits per heavy atom. The summed E-state index contributed by atoms with van der Waals surface area (Å²) in [6.45, 7) is 2.76. The van der Waals surface area contributed by atoms with Crippen LogP contribution >= 0.6 is 0 Å². The number of nitrogens with one attached hydrogen (secondary N) is 1. The molecule has 0 aliphatic carbocycles. The van der Waals surface area contributed by atoms with E-state index < -0.39 is 22.0 Å². The van der Waals surface area contributed by atoms with Crippen molar-refractivity contribution in [1.82, 2.24) is 9.78 Å². The van der Waals surface area contributed by atoms with Crippen molar-refractivity contribution in [3.8, 4) is 5.69 Å². The number of carbonyl (C=O) groups excluding carboxylic acids is 2. The maximum atomic E-state index is 13.1. The van der Waals surface area contributed by atoms with Gasteiger partial charge in [0.05, 0.1) is 16.3 Å². The lowest BCUT2D eigenvalue weighted by molar-refractivity contribution is -0.384. The molecular weight excluding hydrogens is 452 g/mol. The molecule has 0 bridgehead atoms. The van der Waals surface area contributed by atoms with Gasteiger partial charge in [-0.3, -0.25) is 24.5 Å². The van der Waals surface area contributed by atoms with E-state index in [0.717, 1.165) is 5.69 Å². The third-order valence-corrected chi connectivity index (χ3v) is 6.02. The molecule has 180 valence electrons. The number of primary amides is 1. The Kier molecular flexibility index (Phi) is 6.58. The van der Waals surface area contributed by atoms with Gasteiger partial charge in [-0.2, -0.15) is 5.10 Å². The van der Waals surface area contributed by atoms with Crippen LogP contribution in [0.5, 0.6) is 0 Å². The fourth-order valence-electron chi connectivity index (χ4n) is 4.19. The van der Waals surface area contributed by atoms with Crippen molar-refractivity contribution in [3.05, 3.63) is 86.3 Å². The number of hydrogen-bond acceptors (Lipinski definition) is 7. The number of aryl methyl sites for hydroxylation is 1. The van der Waals surface area contributed by atoms with Crippen LogP contribution in [0.2, 0.25) is 0 Å². The fourth-order valence-corrected chi connectivity index (χ4v) is 4.19. The van der Waals surface area contributed by atoms with E-state index in [1.54, 1.807) is 25.1 Å². The van der Waals surface area contributed by atoms with E-state index >= 15 is 0 Å².